The molecule has 13 heteroatoms. The van der Waals surface area contributed by atoms with Crippen LogP contribution in [0.25, 0.3) is 0 Å². The molecule has 0 aliphatic carbocycles. The number of carbonyl (C=O) groups is 5. The molecule has 0 radical (unpaired) electrons. The predicted molar refractivity (Wildman–Crippen MR) is 94.0 cm³/mol. The molecular weight excluding hydrogens is 384 g/mol. The molecule has 0 saturated heterocycles. The largest absolute Gasteiger partial charge is 0.480 e. The van der Waals surface area contributed by atoms with E-state index in [1.165, 1.54) is 6.08 Å². The Labute approximate surface area is 158 Å². The number of thioether (sulfide) groups is 1. The van der Waals surface area contributed by atoms with Crippen LogP contribution in [-0.4, -0.2) is 80.4 Å². The summed E-state index contributed by atoms with van der Waals surface area (Å²) in [4.78, 5) is 56.7. The van der Waals surface area contributed by atoms with E-state index in [1.54, 1.807) is 0 Å². The molecule has 0 unspecified atom stereocenters. The highest BCUT2D eigenvalue weighted by molar-refractivity contribution is 8.13. The van der Waals surface area contributed by atoms with E-state index in [4.69, 9.17) is 15.9 Å². The molecule has 0 saturated carbocycles. The van der Waals surface area contributed by atoms with Crippen molar-refractivity contribution in [2.75, 3.05) is 18.8 Å². The predicted octanol–water partition coefficient (Wildman–Crippen LogP) is -1.41. The highest BCUT2D eigenvalue weighted by Crippen LogP contribution is 2.10. The first-order chi connectivity index (χ1) is 12.6. The lowest BCUT2D eigenvalue weighted by Gasteiger charge is -2.19. The van der Waals surface area contributed by atoms with E-state index in [-0.39, 0.29) is 25.1 Å². The molecule has 2 atom stereocenters. The molecule has 0 fully saturated rings. The van der Waals surface area contributed by atoms with Crippen LogP contribution >= 0.6 is 11.8 Å². The fourth-order valence-corrected chi connectivity index (χ4v) is 2.34. The Balaban J connectivity index is 4.81. The van der Waals surface area contributed by atoms with Gasteiger partial charge >= 0.3 is 17.2 Å². The van der Waals surface area contributed by atoms with E-state index in [0.717, 1.165) is 0 Å². The maximum absolute atomic E-state index is 12.0. The van der Waals surface area contributed by atoms with Gasteiger partial charge < -0.3 is 26.6 Å². The van der Waals surface area contributed by atoms with Crippen molar-refractivity contribution in [3.8, 4) is 0 Å². The summed E-state index contributed by atoms with van der Waals surface area (Å²) in [6, 6.07) is -2.54. The Bertz CT molecular complexity index is 585. The summed E-state index contributed by atoms with van der Waals surface area (Å²) < 4.78 is 0. The van der Waals surface area contributed by atoms with Crippen molar-refractivity contribution >= 4 is 40.8 Å². The average molecular weight is 406 g/mol. The first-order valence-corrected chi connectivity index (χ1v) is 8.58. The molecule has 0 aromatic carbocycles. The van der Waals surface area contributed by atoms with Crippen molar-refractivity contribution in [3.63, 3.8) is 0 Å². The second-order valence-corrected chi connectivity index (χ2v) is 6.13. The van der Waals surface area contributed by atoms with Gasteiger partial charge in [0.05, 0.1) is 6.54 Å². The zero-order valence-electron chi connectivity index (χ0n) is 14.3. The minimum Gasteiger partial charge on any atom is -0.480 e. The third kappa shape index (κ3) is 10.8. The SMILES string of the molecule is C=CCN(O)C(=O)SC[C@H](NC(=O)CC[C@H](N)C(=O)O)C(=O)NCC(=O)O. The minimum absolute atomic E-state index is 0.152. The van der Waals surface area contributed by atoms with Crippen LogP contribution in [0.3, 0.4) is 0 Å². The molecular formula is C14H22N4O8S. The maximum atomic E-state index is 12.0. The van der Waals surface area contributed by atoms with Crippen LogP contribution in [0.15, 0.2) is 12.7 Å². The average Bonchev–Trinajstić information content (AvgIpc) is 2.60. The number of nitrogens with zero attached hydrogens (tertiary/aromatic N) is 1. The van der Waals surface area contributed by atoms with E-state index >= 15 is 0 Å². The van der Waals surface area contributed by atoms with E-state index in [0.29, 0.717) is 16.8 Å². The second-order valence-electron chi connectivity index (χ2n) is 5.16. The molecule has 0 aliphatic heterocycles. The third-order valence-corrected chi connectivity index (χ3v) is 3.91. The van der Waals surface area contributed by atoms with Crippen LogP contribution in [0.1, 0.15) is 12.8 Å². The summed E-state index contributed by atoms with van der Waals surface area (Å²) in [6.45, 7) is 2.49. The number of amides is 3. The standard InChI is InChI=1S/C14H22N4O8S/c1-2-5-18(26)14(25)27-7-9(12(22)16-6-11(20)21)17-10(19)4-3-8(15)13(23)24/h2,8-9,26H,1,3-7,15H2,(H,16,22)(H,17,19)(H,20,21)(H,23,24)/t8-,9-/m0/s1. The molecule has 0 rings (SSSR count). The maximum Gasteiger partial charge on any atom is 0.322 e. The number of hydrogen-bond donors (Lipinski definition) is 6. The van der Waals surface area contributed by atoms with Gasteiger partial charge in [-0.3, -0.25) is 29.2 Å². The summed E-state index contributed by atoms with van der Waals surface area (Å²) in [5.74, 6) is -4.46. The number of nitrogens with two attached hydrogens (primary N) is 1. The van der Waals surface area contributed by atoms with Crippen LogP contribution in [0, 0.1) is 0 Å². The minimum atomic E-state index is -1.31. The molecule has 0 spiro atoms. The van der Waals surface area contributed by atoms with Crippen molar-refractivity contribution in [2.45, 2.75) is 24.9 Å². The number of hydroxylamine groups is 2. The zero-order chi connectivity index (χ0) is 21.0. The molecule has 0 aromatic heterocycles. The van der Waals surface area contributed by atoms with Crippen molar-refractivity contribution in [1.82, 2.24) is 15.7 Å². The van der Waals surface area contributed by atoms with Gasteiger partial charge in [0.25, 0.3) is 0 Å². The number of aliphatic carboxylic acids is 2. The van der Waals surface area contributed by atoms with E-state index < -0.39 is 47.6 Å². The quantitative estimate of drug-likeness (QED) is 0.127. The van der Waals surface area contributed by atoms with Crippen molar-refractivity contribution < 1.29 is 39.4 Å². The zero-order valence-corrected chi connectivity index (χ0v) is 15.1. The smallest absolute Gasteiger partial charge is 0.322 e. The lowest BCUT2D eigenvalue weighted by Crippen LogP contribution is -2.50. The molecule has 0 heterocycles. The summed E-state index contributed by atoms with van der Waals surface area (Å²) in [7, 11) is 0. The Hall–Kier alpha value is -2.64. The Kier molecular flexibility index (Phi) is 11.4. The van der Waals surface area contributed by atoms with Gasteiger partial charge in [0.1, 0.15) is 18.6 Å². The molecule has 3 amide bonds. The monoisotopic (exact) mass is 406 g/mol. The molecule has 12 nitrogen and oxygen atoms in total. The number of rotatable bonds is 12. The molecule has 7 N–H and O–H groups in total. The van der Waals surface area contributed by atoms with Gasteiger partial charge in [-0.1, -0.05) is 17.8 Å². The van der Waals surface area contributed by atoms with Gasteiger partial charge in [0, 0.05) is 12.2 Å². The topological polar surface area (TPSA) is 199 Å². The van der Waals surface area contributed by atoms with Gasteiger partial charge in [-0.05, 0) is 6.42 Å². The number of nitrogens with one attached hydrogen (secondary N) is 2. The van der Waals surface area contributed by atoms with Crippen molar-refractivity contribution in [3.05, 3.63) is 12.7 Å². The summed E-state index contributed by atoms with van der Waals surface area (Å²) >= 11 is 0.514. The van der Waals surface area contributed by atoms with Crippen LogP contribution in [0.4, 0.5) is 4.79 Å². The van der Waals surface area contributed by atoms with Crippen molar-refractivity contribution in [1.29, 1.82) is 0 Å². The Morgan fingerprint density at radius 1 is 1.22 bits per heavy atom. The highest BCUT2D eigenvalue weighted by Gasteiger charge is 2.24. The van der Waals surface area contributed by atoms with Gasteiger partial charge in [-0.15, -0.1) is 6.58 Å². The summed E-state index contributed by atoms with van der Waals surface area (Å²) in [5.41, 5.74) is 5.28. The van der Waals surface area contributed by atoms with Crippen LogP contribution in [0.5, 0.6) is 0 Å². The van der Waals surface area contributed by atoms with Gasteiger partial charge in [-0.25, -0.2) is 5.06 Å². The van der Waals surface area contributed by atoms with Crippen LogP contribution in [0.2, 0.25) is 0 Å². The number of carbonyl (C=O) groups excluding carboxylic acids is 3. The number of carboxylic acid groups (broad SMARTS) is 2. The molecule has 0 aliphatic rings. The van der Waals surface area contributed by atoms with E-state index in [2.05, 4.69) is 17.2 Å². The third-order valence-electron chi connectivity index (χ3n) is 2.95. The van der Waals surface area contributed by atoms with Gasteiger partial charge in [-0.2, -0.15) is 0 Å². The second kappa shape index (κ2) is 12.7. The van der Waals surface area contributed by atoms with Gasteiger partial charge in [0.15, 0.2) is 0 Å². The molecule has 27 heavy (non-hydrogen) atoms. The fraction of sp³-hybridized carbons (Fsp3) is 0.500. The lowest BCUT2D eigenvalue weighted by atomic mass is 10.1. The fourth-order valence-electron chi connectivity index (χ4n) is 1.57. The van der Waals surface area contributed by atoms with E-state index in [1.807, 2.05) is 0 Å². The first-order valence-electron chi connectivity index (χ1n) is 7.59. The van der Waals surface area contributed by atoms with E-state index in [9.17, 15) is 29.2 Å². The van der Waals surface area contributed by atoms with Crippen LogP contribution in [-0.2, 0) is 19.2 Å². The first kappa shape index (κ1) is 24.4. The number of carboxylic acids is 2. The number of hydrogen-bond acceptors (Lipinski definition) is 8. The molecule has 0 bridgehead atoms. The van der Waals surface area contributed by atoms with Crippen molar-refractivity contribution in [2.24, 2.45) is 5.73 Å². The lowest BCUT2D eigenvalue weighted by molar-refractivity contribution is -0.139. The summed E-state index contributed by atoms with van der Waals surface area (Å²) in [6.07, 6.45) is 0.792. The van der Waals surface area contributed by atoms with Gasteiger partial charge in [0.2, 0.25) is 11.8 Å². The van der Waals surface area contributed by atoms with Crippen LogP contribution < -0.4 is 16.4 Å². The molecule has 152 valence electrons. The Morgan fingerprint density at radius 2 is 1.85 bits per heavy atom. The Morgan fingerprint density at radius 3 is 2.37 bits per heavy atom. The molecule has 0 aromatic rings. The highest BCUT2D eigenvalue weighted by atomic mass is 32.2. The normalized spacial score (nSPS) is 12.4. The summed E-state index contributed by atoms with van der Waals surface area (Å²) in [5, 5.41) is 30.5.